The van der Waals surface area contributed by atoms with E-state index in [1.165, 1.54) is 0 Å². The van der Waals surface area contributed by atoms with Crippen molar-refractivity contribution in [2.45, 2.75) is 38.8 Å². The Bertz CT molecular complexity index is 807. The molecular weight excluding hydrogens is 306 g/mol. The van der Waals surface area contributed by atoms with Crippen LogP contribution in [0.15, 0.2) is 36.4 Å². The molecule has 5 heteroatoms. The van der Waals surface area contributed by atoms with E-state index in [2.05, 4.69) is 5.32 Å². The van der Waals surface area contributed by atoms with Gasteiger partial charge in [-0.3, -0.25) is 4.79 Å². The molecule has 1 aliphatic carbocycles. The highest BCUT2D eigenvalue weighted by Gasteiger charge is 2.39. The van der Waals surface area contributed by atoms with E-state index in [1.807, 2.05) is 36.4 Å². The fraction of sp³-hybridized carbons (Fsp3) is 0.368. The number of ether oxygens (including phenoxy) is 1. The van der Waals surface area contributed by atoms with Crippen molar-refractivity contribution in [1.82, 2.24) is 5.32 Å². The van der Waals surface area contributed by atoms with Crippen LogP contribution in [0.5, 0.6) is 0 Å². The van der Waals surface area contributed by atoms with Crippen molar-refractivity contribution in [3.63, 3.8) is 0 Å². The molecule has 3 rings (SSSR count). The zero-order chi connectivity index (χ0) is 17.5. The molecule has 2 N–H and O–H groups in total. The van der Waals surface area contributed by atoms with Gasteiger partial charge in [0, 0.05) is 0 Å². The lowest BCUT2D eigenvalue weighted by molar-refractivity contribution is -0.142. The van der Waals surface area contributed by atoms with Gasteiger partial charge in [0.05, 0.1) is 12.0 Å². The van der Waals surface area contributed by atoms with E-state index in [-0.39, 0.29) is 0 Å². The molecule has 24 heavy (non-hydrogen) atoms. The number of rotatable bonds is 2. The molecular formula is C19H21NO4. The first-order valence-corrected chi connectivity index (χ1v) is 7.98. The second-order valence-corrected chi connectivity index (χ2v) is 7.17. The Morgan fingerprint density at radius 2 is 1.79 bits per heavy atom. The molecule has 5 nitrogen and oxygen atoms in total. The third kappa shape index (κ3) is 3.20. The van der Waals surface area contributed by atoms with E-state index in [0.717, 1.165) is 21.9 Å². The van der Waals surface area contributed by atoms with Gasteiger partial charge in [-0.2, -0.15) is 0 Å². The molecule has 2 atom stereocenters. The third-order valence-electron chi connectivity index (χ3n) is 4.17. The summed E-state index contributed by atoms with van der Waals surface area (Å²) in [6.45, 7) is 5.33. The number of alkyl carbamates (subject to hydrolysis) is 1. The smallest absolute Gasteiger partial charge is 0.408 e. The maximum Gasteiger partial charge on any atom is 0.408 e. The largest absolute Gasteiger partial charge is 0.481 e. The van der Waals surface area contributed by atoms with Crippen LogP contribution < -0.4 is 5.32 Å². The van der Waals surface area contributed by atoms with Crippen LogP contribution in [0.4, 0.5) is 4.79 Å². The summed E-state index contributed by atoms with van der Waals surface area (Å²) in [7, 11) is 0. The Morgan fingerprint density at radius 1 is 1.17 bits per heavy atom. The normalized spacial score (nSPS) is 19.8. The Balaban J connectivity index is 1.96. The number of carboxylic acid groups (broad SMARTS) is 1. The lowest BCUT2D eigenvalue weighted by Gasteiger charge is -2.24. The Labute approximate surface area is 140 Å². The summed E-state index contributed by atoms with van der Waals surface area (Å²) in [5.74, 6) is -1.61. The Morgan fingerprint density at radius 3 is 2.38 bits per heavy atom. The van der Waals surface area contributed by atoms with Crippen LogP contribution in [0.25, 0.3) is 10.8 Å². The van der Waals surface area contributed by atoms with Crippen molar-refractivity contribution in [3.8, 4) is 0 Å². The second-order valence-electron chi connectivity index (χ2n) is 7.17. The maximum atomic E-state index is 12.1. The van der Waals surface area contributed by atoms with Crippen LogP contribution >= 0.6 is 0 Å². The first-order valence-electron chi connectivity index (χ1n) is 7.98. The second kappa shape index (κ2) is 5.82. The highest BCUT2D eigenvalue weighted by molar-refractivity contribution is 5.86. The van der Waals surface area contributed by atoms with Gasteiger partial charge < -0.3 is 15.2 Å². The molecule has 0 saturated heterocycles. The predicted molar refractivity (Wildman–Crippen MR) is 90.9 cm³/mol. The van der Waals surface area contributed by atoms with Crippen LogP contribution in [0.1, 0.15) is 37.9 Å². The van der Waals surface area contributed by atoms with Crippen LogP contribution in [-0.2, 0) is 16.0 Å². The van der Waals surface area contributed by atoms with Crippen molar-refractivity contribution in [3.05, 3.63) is 47.5 Å². The molecule has 0 aromatic heterocycles. The summed E-state index contributed by atoms with van der Waals surface area (Å²) in [6, 6.07) is 11.3. The summed E-state index contributed by atoms with van der Waals surface area (Å²) in [4.78, 5) is 23.8. The molecule has 0 aliphatic heterocycles. The summed E-state index contributed by atoms with van der Waals surface area (Å²) in [5, 5.41) is 14.4. The predicted octanol–water partition coefficient (Wildman–Crippen LogP) is 3.66. The van der Waals surface area contributed by atoms with Crippen molar-refractivity contribution >= 4 is 22.8 Å². The van der Waals surface area contributed by atoms with Gasteiger partial charge in [0.1, 0.15) is 5.60 Å². The van der Waals surface area contributed by atoms with Gasteiger partial charge in [-0.15, -0.1) is 0 Å². The van der Waals surface area contributed by atoms with Gasteiger partial charge in [-0.25, -0.2) is 4.79 Å². The number of fused-ring (bicyclic) bond motifs is 2. The average molecular weight is 327 g/mol. The van der Waals surface area contributed by atoms with Crippen LogP contribution in [-0.4, -0.2) is 22.8 Å². The number of hydrogen-bond acceptors (Lipinski definition) is 3. The highest BCUT2D eigenvalue weighted by Crippen LogP contribution is 2.38. The number of hydrogen-bond donors (Lipinski definition) is 2. The molecule has 0 fully saturated rings. The standard InChI is InChI=1S/C19H21NO4/c1-19(2,3)24-18(23)20-16-14-9-12-7-5-4-6-11(12)8-13(14)10-15(16)17(21)22/h4-9,15-16H,10H2,1-3H3,(H,20,23)(H,21,22). The Hall–Kier alpha value is -2.56. The molecule has 2 aromatic carbocycles. The van der Waals surface area contributed by atoms with Gasteiger partial charge in [0.2, 0.25) is 0 Å². The fourth-order valence-corrected chi connectivity index (χ4v) is 3.19. The molecule has 0 heterocycles. The zero-order valence-corrected chi connectivity index (χ0v) is 14.0. The highest BCUT2D eigenvalue weighted by atomic mass is 16.6. The van der Waals surface area contributed by atoms with Crippen molar-refractivity contribution in [2.75, 3.05) is 0 Å². The number of carboxylic acids is 1. The number of carbonyl (C=O) groups excluding carboxylic acids is 1. The number of amides is 1. The van der Waals surface area contributed by atoms with E-state index < -0.39 is 29.6 Å². The molecule has 1 aliphatic rings. The van der Waals surface area contributed by atoms with E-state index >= 15 is 0 Å². The van der Waals surface area contributed by atoms with Crippen LogP contribution in [0.2, 0.25) is 0 Å². The third-order valence-corrected chi connectivity index (χ3v) is 4.17. The molecule has 2 aromatic rings. The lowest BCUT2D eigenvalue weighted by atomic mass is 9.99. The number of benzene rings is 2. The minimum Gasteiger partial charge on any atom is -0.481 e. The average Bonchev–Trinajstić information content (AvgIpc) is 2.81. The van der Waals surface area contributed by atoms with E-state index in [4.69, 9.17) is 4.74 Å². The van der Waals surface area contributed by atoms with E-state index in [1.54, 1.807) is 20.8 Å². The minimum absolute atomic E-state index is 0.399. The van der Waals surface area contributed by atoms with Gasteiger partial charge in [-0.05, 0) is 55.2 Å². The molecule has 126 valence electrons. The summed E-state index contributed by atoms with van der Waals surface area (Å²) >= 11 is 0. The quantitative estimate of drug-likeness (QED) is 0.882. The first kappa shape index (κ1) is 16.3. The number of aliphatic carboxylic acids is 1. The lowest BCUT2D eigenvalue weighted by Crippen LogP contribution is -2.38. The molecule has 0 bridgehead atoms. The van der Waals surface area contributed by atoms with E-state index in [0.29, 0.717) is 6.42 Å². The number of nitrogens with one attached hydrogen (secondary N) is 1. The van der Waals surface area contributed by atoms with Crippen molar-refractivity contribution < 1.29 is 19.4 Å². The molecule has 1 amide bonds. The van der Waals surface area contributed by atoms with Gasteiger partial charge in [0.25, 0.3) is 0 Å². The van der Waals surface area contributed by atoms with Gasteiger partial charge >= 0.3 is 12.1 Å². The molecule has 0 saturated carbocycles. The monoisotopic (exact) mass is 327 g/mol. The van der Waals surface area contributed by atoms with Crippen LogP contribution in [0, 0.1) is 5.92 Å². The summed E-state index contributed by atoms with van der Waals surface area (Å²) in [5.41, 5.74) is 1.18. The molecule has 0 radical (unpaired) electrons. The van der Waals surface area contributed by atoms with Crippen LogP contribution in [0.3, 0.4) is 0 Å². The first-order chi connectivity index (χ1) is 11.2. The maximum absolute atomic E-state index is 12.1. The zero-order valence-electron chi connectivity index (χ0n) is 14.0. The SMILES string of the molecule is CC(C)(C)OC(=O)NC1c2cc3ccccc3cc2CC1C(=O)O. The van der Waals surface area contributed by atoms with E-state index in [9.17, 15) is 14.7 Å². The Kier molecular flexibility index (Phi) is 3.95. The van der Waals surface area contributed by atoms with Crippen molar-refractivity contribution in [1.29, 1.82) is 0 Å². The minimum atomic E-state index is -0.920. The molecule has 0 spiro atoms. The molecule has 2 unspecified atom stereocenters. The fourth-order valence-electron chi connectivity index (χ4n) is 3.19. The van der Waals surface area contributed by atoms with Crippen molar-refractivity contribution in [2.24, 2.45) is 5.92 Å². The summed E-state index contributed by atoms with van der Waals surface area (Å²) in [6.07, 6.45) is -0.199. The van der Waals surface area contributed by atoms with Gasteiger partial charge in [0.15, 0.2) is 0 Å². The number of carbonyl (C=O) groups is 2. The summed E-state index contributed by atoms with van der Waals surface area (Å²) < 4.78 is 5.29. The topological polar surface area (TPSA) is 75.6 Å². The van der Waals surface area contributed by atoms with Gasteiger partial charge in [-0.1, -0.05) is 30.3 Å².